The van der Waals surface area contributed by atoms with Crippen molar-refractivity contribution >= 4 is 17.9 Å². The van der Waals surface area contributed by atoms with Gasteiger partial charge in [-0.1, -0.05) is 31.5 Å². The van der Waals surface area contributed by atoms with E-state index in [0.717, 1.165) is 12.1 Å². The lowest BCUT2D eigenvalue weighted by molar-refractivity contribution is -0.119. The van der Waals surface area contributed by atoms with E-state index in [-0.39, 0.29) is 5.95 Å². The Morgan fingerprint density at radius 1 is 1.30 bits per heavy atom. The van der Waals surface area contributed by atoms with Gasteiger partial charge in [0.15, 0.2) is 0 Å². The quantitative estimate of drug-likeness (QED) is 0.746. The van der Waals surface area contributed by atoms with E-state index in [1.807, 2.05) is 37.3 Å². The van der Waals surface area contributed by atoms with Crippen molar-refractivity contribution in [1.82, 2.24) is 20.1 Å². The molecule has 1 aromatic carbocycles. The zero-order valence-electron chi connectivity index (χ0n) is 13.1. The third kappa shape index (κ3) is 4.29. The lowest BCUT2D eigenvalue weighted by atomic mass is 10.1. The fourth-order valence-electron chi connectivity index (χ4n) is 2.13. The fourth-order valence-corrected chi connectivity index (χ4v) is 2.13. The number of carbonyl (C=O) groups excluding carboxylic acids is 2. The SMILES string of the molecule is CCC[C@H](NC(=O)Nc1nc(C)n(-c2ccccc2)n1)C(N)=O. The molecule has 2 aromatic rings. The minimum Gasteiger partial charge on any atom is -0.368 e. The lowest BCUT2D eigenvalue weighted by Crippen LogP contribution is -2.46. The van der Waals surface area contributed by atoms with Crippen LogP contribution in [-0.4, -0.2) is 32.7 Å². The molecule has 3 amide bonds. The van der Waals surface area contributed by atoms with E-state index in [9.17, 15) is 9.59 Å². The fraction of sp³-hybridized carbons (Fsp3) is 0.333. The maximum absolute atomic E-state index is 11.9. The van der Waals surface area contributed by atoms with Crippen LogP contribution in [0.25, 0.3) is 5.69 Å². The molecule has 0 unspecified atom stereocenters. The van der Waals surface area contributed by atoms with Crippen molar-refractivity contribution < 1.29 is 9.59 Å². The molecular formula is C15H20N6O2. The van der Waals surface area contributed by atoms with E-state index in [1.165, 1.54) is 0 Å². The van der Waals surface area contributed by atoms with Gasteiger partial charge in [-0.15, -0.1) is 5.10 Å². The molecule has 4 N–H and O–H groups in total. The number of nitrogens with one attached hydrogen (secondary N) is 2. The highest BCUT2D eigenvalue weighted by Crippen LogP contribution is 2.11. The number of rotatable bonds is 6. The Labute approximate surface area is 134 Å². The van der Waals surface area contributed by atoms with Gasteiger partial charge in [0.2, 0.25) is 5.91 Å². The van der Waals surface area contributed by atoms with Gasteiger partial charge in [-0.05, 0) is 25.5 Å². The molecule has 0 aliphatic heterocycles. The van der Waals surface area contributed by atoms with Crippen LogP contribution in [0.1, 0.15) is 25.6 Å². The van der Waals surface area contributed by atoms with E-state index in [1.54, 1.807) is 11.6 Å². The van der Waals surface area contributed by atoms with Gasteiger partial charge in [-0.2, -0.15) is 4.98 Å². The molecule has 0 spiro atoms. The summed E-state index contributed by atoms with van der Waals surface area (Å²) in [5, 5.41) is 9.27. The van der Waals surface area contributed by atoms with Crippen LogP contribution in [0.15, 0.2) is 30.3 Å². The van der Waals surface area contributed by atoms with Gasteiger partial charge in [0.1, 0.15) is 11.9 Å². The predicted molar refractivity (Wildman–Crippen MR) is 86.1 cm³/mol. The monoisotopic (exact) mass is 316 g/mol. The number of nitrogens with two attached hydrogens (primary N) is 1. The predicted octanol–water partition coefficient (Wildman–Crippen LogP) is 1.35. The van der Waals surface area contributed by atoms with Crippen molar-refractivity contribution in [3.63, 3.8) is 0 Å². The first kappa shape index (κ1) is 16.5. The molecule has 1 atom stereocenters. The maximum atomic E-state index is 11.9. The van der Waals surface area contributed by atoms with Crippen LogP contribution in [0.4, 0.5) is 10.7 Å². The van der Waals surface area contributed by atoms with Crippen LogP contribution in [0.5, 0.6) is 0 Å². The summed E-state index contributed by atoms with van der Waals surface area (Å²) >= 11 is 0. The van der Waals surface area contributed by atoms with Crippen LogP contribution in [0.3, 0.4) is 0 Å². The number of para-hydroxylation sites is 1. The molecule has 1 heterocycles. The van der Waals surface area contributed by atoms with Crippen molar-refractivity contribution in [2.24, 2.45) is 5.73 Å². The van der Waals surface area contributed by atoms with Crippen molar-refractivity contribution in [3.05, 3.63) is 36.2 Å². The van der Waals surface area contributed by atoms with Gasteiger partial charge in [-0.25, -0.2) is 9.48 Å². The lowest BCUT2D eigenvalue weighted by Gasteiger charge is -2.13. The number of urea groups is 1. The highest BCUT2D eigenvalue weighted by atomic mass is 16.2. The third-order valence-corrected chi connectivity index (χ3v) is 3.22. The van der Waals surface area contributed by atoms with Gasteiger partial charge in [0.05, 0.1) is 5.69 Å². The molecule has 1 aromatic heterocycles. The number of benzene rings is 1. The molecule has 0 bridgehead atoms. The van der Waals surface area contributed by atoms with Gasteiger partial charge in [-0.3, -0.25) is 10.1 Å². The minimum atomic E-state index is -0.711. The third-order valence-electron chi connectivity index (χ3n) is 3.22. The second-order valence-corrected chi connectivity index (χ2v) is 5.07. The zero-order chi connectivity index (χ0) is 16.8. The molecule has 23 heavy (non-hydrogen) atoms. The summed E-state index contributed by atoms with van der Waals surface area (Å²) in [5.74, 6) is 0.219. The Morgan fingerprint density at radius 2 is 2.00 bits per heavy atom. The van der Waals surface area contributed by atoms with Crippen LogP contribution in [0.2, 0.25) is 0 Å². The number of aromatic nitrogens is 3. The maximum Gasteiger partial charge on any atom is 0.322 e. The second kappa shape index (κ2) is 7.39. The van der Waals surface area contributed by atoms with Gasteiger partial charge in [0.25, 0.3) is 5.95 Å². The molecule has 0 aliphatic carbocycles. The number of hydrogen-bond acceptors (Lipinski definition) is 4. The van der Waals surface area contributed by atoms with Crippen LogP contribution < -0.4 is 16.4 Å². The van der Waals surface area contributed by atoms with Gasteiger partial charge < -0.3 is 11.1 Å². The Kier molecular flexibility index (Phi) is 5.29. The normalized spacial score (nSPS) is 11.7. The second-order valence-electron chi connectivity index (χ2n) is 5.07. The molecule has 8 nitrogen and oxygen atoms in total. The van der Waals surface area contributed by atoms with E-state index >= 15 is 0 Å². The molecule has 8 heteroatoms. The number of anilines is 1. The zero-order valence-corrected chi connectivity index (χ0v) is 13.1. The van der Waals surface area contributed by atoms with Crippen LogP contribution in [-0.2, 0) is 4.79 Å². The number of amides is 3. The summed E-state index contributed by atoms with van der Waals surface area (Å²) in [5.41, 5.74) is 6.09. The summed E-state index contributed by atoms with van der Waals surface area (Å²) in [7, 11) is 0. The highest BCUT2D eigenvalue weighted by Gasteiger charge is 2.18. The summed E-state index contributed by atoms with van der Waals surface area (Å²) in [6, 6.07) is 8.17. The number of hydrogen-bond donors (Lipinski definition) is 3. The average Bonchev–Trinajstić information content (AvgIpc) is 2.88. The molecular weight excluding hydrogens is 296 g/mol. The Hall–Kier alpha value is -2.90. The first-order valence-corrected chi connectivity index (χ1v) is 7.37. The van der Waals surface area contributed by atoms with Crippen LogP contribution in [0, 0.1) is 6.92 Å². The largest absolute Gasteiger partial charge is 0.368 e. The molecule has 2 rings (SSSR count). The molecule has 0 saturated carbocycles. The van der Waals surface area contributed by atoms with Gasteiger partial charge >= 0.3 is 6.03 Å². The first-order chi connectivity index (χ1) is 11.0. The van der Waals surface area contributed by atoms with E-state index in [0.29, 0.717) is 12.2 Å². The van der Waals surface area contributed by atoms with E-state index in [2.05, 4.69) is 20.7 Å². The summed E-state index contributed by atoms with van der Waals surface area (Å²) in [6.45, 7) is 3.69. The molecule has 122 valence electrons. The number of carbonyl (C=O) groups is 2. The van der Waals surface area contributed by atoms with E-state index in [4.69, 9.17) is 5.73 Å². The minimum absolute atomic E-state index is 0.156. The molecule has 0 radical (unpaired) electrons. The van der Waals surface area contributed by atoms with Crippen molar-refractivity contribution in [3.8, 4) is 5.69 Å². The topological polar surface area (TPSA) is 115 Å². The molecule has 0 aliphatic rings. The Bertz CT molecular complexity index is 683. The average molecular weight is 316 g/mol. The smallest absolute Gasteiger partial charge is 0.322 e. The Balaban J connectivity index is 2.06. The number of primary amides is 1. The molecule has 0 fully saturated rings. The highest BCUT2D eigenvalue weighted by molar-refractivity contribution is 5.92. The van der Waals surface area contributed by atoms with E-state index < -0.39 is 18.0 Å². The van der Waals surface area contributed by atoms with Crippen molar-refractivity contribution in [1.29, 1.82) is 0 Å². The molecule has 0 saturated heterocycles. The summed E-state index contributed by atoms with van der Waals surface area (Å²) in [6.07, 6.45) is 1.21. The van der Waals surface area contributed by atoms with Crippen LogP contribution >= 0.6 is 0 Å². The first-order valence-electron chi connectivity index (χ1n) is 7.37. The summed E-state index contributed by atoms with van der Waals surface area (Å²) < 4.78 is 1.62. The standard InChI is InChI=1S/C15H20N6O2/c1-3-7-12(13(16)22)18-15(23)19-14-17-10(2)21(20-14)11-8-5-4-6-9-11/h4-6,8-9,12H,3,7H2,1-2H3,(H2,16,22)(H2,18,19,20,23)/t12-/m0/s1. The summed E-state index contributed by atoms with van der Waals surface area (Å²) in [4.78, 5) is 27.4. The van der Waals surface area contributed by atoms with Crippen molar-refractivity contribution in [2.45, 2.75) is 32.7 Å². The number of aryl methyl sites for hydroxylation is 1. The van der Waals surface area contributed by atoms with Gasteiger partial charge in [0, 0.05) is 0 Å². The number of nitrogens with zero attached hydrogens (tertiary/aromatic N) is 3. The van der Waals surface area contributed by atoms with Crippen molar-refractivity contribution in [2.75, 3.05) is 5.32 Å². The Morgan fingerprint density at radius 3 is 2.61 bits per heavy atom.